The number of rotatable bonds is 5. The maximum atomic E-state index is 12.2. The highest BCUT2D eigenvalue weighted by molar-refractivity contribution is 7.20. The number of hydrogen-bond donors (Lipinski definition) is 1. The van der Waals surface area contributed by atoms with Crippen molar-refractivity contribution >= 4 is 33.2 Å². The number of hydrogen-bond acceptors (Lipinski definition) is 6. The number of carbonyl (C=O) groups excluding carboxylic acids is 2. The van der Waals surface area contributed by atoms with Crippen LogP contribution in [0.5, 0.6) is 11.5 Å². The van der Waals surface area contributed by atoms with Gasteiger partial charge in [-0.1, -0.05) is 6.92 Å². The normalized spacial score (nSPS) is 12.1. The van der Waals surface area contributed by atoms with Crippen LogP contribution in [-0.4, -0.2) is 31.1 Å². The Kier molecular flexibility index (Phi) is 4.47. The molecule has 0 aliphatic heterocycles. The standard InChI is InChI=1S/C15H16O5S/c1-8(15(18)20-3)4-11(17)14-6-9-5-12(19-2)10(16)7-13(9)21-14/h5-8,16H,4H2,1-3H3/t8-/m0/s1. The summed E-state index contributed by atoms with van der Waals surface area (Å²) >= 11 is 1.28. The summed E-state index contributed by atoms with van der Waals surface area (Å²) in [6.07, 6.45) is 0.0998. The third kappa shape index (κ3) is 3.16. The van der Waals surface area contributed by atoms with E-state index in [-0.39, 0.29) is 18.0 Å². The predicted octanol–water partition coefficient (Wildman–Crippen LogP) is 3.00. The van der Waals surface area contributed by atoms with Crippen molar-refractivity contribution in [2.24, 2.45) is 5.92 Å². The molecule has 112 valence electrons. The zero-order valence-electron chi connectivity index (χ0n) is 12.0. The van der Waals surface area contributed by atoms with Crippen LogP contribution in [0.3, 0.4) is 0 Å². The SMILES string of the molecule is COC(=O)[C@@H](C)CC(=O)c1cc2cc(OC)c(O)cc2s1. The van der Waals surface area contributed by atoms with Gasteiger partial charge in [0.1, 0.15) is 0 Å². The first-order valence-corrected chi connectivity index (χ1v) is 7.19. The van der Waals surface area contributed by atoms with Gasteiger partial charge >= 0.3 is 5.97 Å². The van der Waals surface area contributed by atoms with E-state index < -0.39 is 11.9 Å². The van der Waals surface area contributed by atoms with Crippen LogP contribution in [0, 0.1) is 5.92 Å². The van der Waals surface area contributed by atoms with E-state index in [1.807, 2.05) is 0 Å². The number of methoxy groups -OCH3 is 2. The van der Waals surface area contributed by atoms with Crippen molar-refractivity contribution in [3.8, 4) is 11.5 Å². The van der Waals surface area contributed by atoms with Gasteiger partial charge in [-0.25, -0.2) is 0 Å². The van der Waals surface area contributed by atoms with Crippen molar-refractivity contribution in [2.45, 2.75) is 13.3 Å². The molecule has 0 saturated heterocycles. The highest BCUT2D eigenvalue weighted by atomic mass is 32.1. The summed E-state index contributed by atoms with van der Waals surface area (Å²) in [7, 11) is 2.77. The Bertz CT molecular complexity index is 689. The molecule has 0 aliphatic rings. The Balaban J connectivity index is 2.26. The fourth-order valence-corrected chi connectivity index (χ4v) is 3.05. The molecule has 0 aliphatic carbocycles. The third-order valence-electron chi connectivity index (χ3n) is 3.19. The second-order valence-electron chi connectivity index (χ2n) is 4.72. The number of aromatic hydroxyl groups is 1. The molecule has 2 aromatic rings. The van der Waals surface area contributed by atoms with Gasteiger partial charge in [-0.3, -0.25) is 9.59 Å². The number of ketones is 1. The maximum Gasteiger partial charge on any atom is 0.308 e. The molecule has 0 fully saturated rings. The molecule has 5 nitrogen and oxygen atoms in total. The van der Waals surface area contributed by atoms with E-state index in [0.29, 0.717) is 10.6 Å². The summed E-state index contributed by atoms with van der Waals surface area (Å²) in [6, 6.07) is 5.00. The number of benzene rings is 1. The summed E-state index contributed by atoms with van der Waals surface area (Å²) in [5.41, 5.74) is 0. The lowest BCUT2D eigenvalue weighted by Crippen LogP contribution is -2.16. The van der Waals surface area contributed by atoms with E-state index in [1.54, 1.807) is 25.1 Å². The molecule has 1 atom stereocenters. The first-order valence-electron chi connectivity index (χ1n) is 6.37. The number of Topliss-reactive ketones (excluding diaryl/α,β-unsaturated/α-hetero) is 1. The lowest BCUT2D eigenvalue weighted by molar-refractivity contribution is -0.144. The fraction of sp³-hybridized carbons (Fsp3) is 0.333. The van der Waals surface area contributed by atoms with E-state index in [0.717, 1.165) is 10.1 Å². The Labute approximate surface area is 126 Å². The number of thiophene rings is 1. The molecule has 1 aromatic carbocycles. The van der Waals surface area contributed by atoms with E-state index in [4.69, 9.17) is 4.74 Å². The van der Waals surface area contributed by atoms with E-state index in [9.17, 15) is 14.7 Å². The first kappa shape index (κ1) is 15.3. The number of fused-ring (bicyclic) bond motifs is 1. The number of ether oxygens (including phenoxy) is 2. The number of esters is 1. The molecule has 0 unspecified atom stereocenters. The molecule has 0 bridgehead atoms. The Hall–Kier alpha value is -2.08. The highest BCUT2D eigenvalue weighted by Gasteiger charge is 2.20. The summed E-state index contributed by atoms with van der Waals surface area (Å²) in [4.78, 5) is 24.1. The fourth-order valence-electron chi connectivity index (χ4n) is 2.02. The second-order valence-corrected chi connectivity index (χ2v) is 5.81. The van der Waals surface area contributed by atoms with Gasteiger partial charge in [0.15, 0.2) is 17.3 Å². The van der Waals surface area contributed by atoms with Crippen LogP contribution in [0.2, 0.25) is 0 Å². The van der Waals surface area contributed by atoms with Gasteiger partial charge in [0.25, 0.3) is 0 Å². The van der Waals surface area contributed by atoms with Crippen LogP contribution in [0.4, 0.5) is 0 Å². The first-order chi connectivity index (χ1) is 9.96. The topological polar surface area (TPSA) is 72.8 Å². The van der Waals surface area contributed by atoms with Crippen LogP contribution in [0.15, 0.2) is 18.2 Å². The van der Waals surface area contributed by atoms with Crippen LogP contribution in [0.25, 0.3) is 10.1 Å². The van der Waals surface area contributed by atoms with Crippen molar-refractivity contribution in [2.75, 3.05) is 14.2 Å². The highest BCUT2D eigenvalue weighted by Crippen LogP contribution is 2.36. The lowest BCUT2D eigenvalue weighted by Gasteiger charge is -2.06. The van der Waals surface area contributed by atoms with Gasteiger partial charge in [0, 0.05) is 17.2 Å². The number of phenolic OH excluding ortho intramolecular Hbond substituents is 1. The van der Waals surface area contributed by atoms with Crippen molar-refractivity contribution in [3.63, 3.8) is 0 Å². The van der Waals surface area contributed by atoms with Gasteiger partial charge in [0.05, 0.1) is 25.0 Å². The minimum atomic E-state index is -0.476. The van der Waals surface area contributed by atoms with E-state index in [2.05, 4.69) is 4.74 Å². The van der Waals surface area contributed by atoms with Crippen molar-refractivity contribution in [1.82, 2.24) is 0 Å². The molecular weight excluding hydrogens is 292 g/mol. The average molecular weight is 308 g/mol. The summed E-state index contributed by atoms with van der Waals surface area (Å²) in [5.74, 6) is -0.594. The smallest absolute Gasteiger partial charge is 0.308 e. The van der Waals surface area contributed by atoms with E-state index >= 15 is 0 Å². The summed E-state index contributed by atoms with van der Waals surface area (Å²) in [5, 5.41) is 10.6. The van der Waals surface area contributed by atoms with Crippen molar-refractivity contribution in [3.05, 3.63) is 23.1 Å². The molecule has 0 radical (unpaired) electrons. The third-order valence-corrected chi connectivity index (χ3v) is 4.33. The summed E-state index contributed by atoms with van der Waals surface area (Å²) < 4.78 is 10.5. The molecule has 1 aromatic heterocycles. The lowest BCUT2D eigenvalue weighted by atomic mass is 10.0. The molecule has 6 heteroatoms. The minimum Gasteiger partial charge on any atom is -0.504 e. The van der Waals surface area contributed by atoms with Gasteiger partial charge in [-0.05, 0) is 17.5 Å². The Morgan fingerprint density at radius 3 is 2.62 bits per heavy atom. The van der Waals surface area contributed by atoms with Gasteiger partial charge in [0.2, 0.25) is 0 Å². The van der Waals surface area contributed by atoms with Gasteiger partial charge < -0.3 is 14.6 Å². The van der Waals surface area contributed by atoms with Crippen molar-refractivity contribution < 1.29 is 24.2 Å². The van der Waals surface area contributed by atoms with Gasteiger partial charge in [-0.15, -0.1) is 11.3 Å². The Morgan fingerprint density at radius 1 is 1.29 bits per heavy atom. The van der Waals surface area contributed by atoms with Crippen LogP contribution >= 0.6 is 11.3 Å². The minimum absolute atomic E-state index is 0.0359. The largest absolute Gasteiger partial charge is 0.504 e. The second kappa shape index (κ2) is 6.13. The number of phenols is 1. The molecule has 2 rings (SSSR count). The quantitative estimate of drug-likeness (QED) is 0.679. The van der Waals surface area contributed by atoms with Crippen molar-refractivity contribution in [1.29, 1.82) is 0 Å². The van der Waals surface area contributed by atoms with Crippen LogP contribution in [0.1, 0.15) is 23.0 Å². The summed E-state index contributed by atoms with van der Waals surface area (Å²) in [6.45, 7) is 1.66. The monoisotopic (exact) mass is 308 g/mol. The van der Waals surface area contributed by atoms with Gasteiger partial charge in [-0.2, -0.15) is 0 Å². The zero-order valence-corrected chi connectivity index (χ0v) is 12.8. The number of carbonyl (C=O) groups is 2. The average Bonchev–Trinajstić information content (AvgIpc) is 2.87. The molecule has 0 spiro atoms. The Morgan fingerprint density at radius 2 is 2.00 bits per heavy atom. The molecule has 21 heavy (non-hydrogen) atoms. The van der Waals surface area contributed by atoms with Crippen LogP contribution in [-0.2, 0) is 9.53 Å². The molecule has 0 amide bonds. The molecular formula is C15H16O5S. The van der Waals surface area contributed by atoms with Crippen LogP contribution < -0.4 is 4.74 Å². The zero-order chi connectivity index (χ0) is 15.6. The molecule has 0 saturated carbocycles. The van der Waals surface area contributed by atoms with E-state index in [1.165, 1.54) is 25.6 Å². The predicted molar refractivity (Wildman–Crippen MR) is 80.2 cm³/mol. The molecule has 1 N–H and O–H groups in total. The molecule has 1 heterocycles. The maximum absolute atomic E-state index is 12.2.